The summed E-state index contributed by atoms with van der Waals surface area (Å²) in [4.78, 5) is 0.352. The molecule has 1 aliphatic carbocycles. The molecule has 0 aromatic heterocycles. The largest absolute Gasteiger partial charge is 0.240 e. The predicted molar refractivity (Wildman–Crippen MR) is 77.5 cm³/mol. The van der Waals surface area contributed by atoms with E-state index in [0.29, 0.717) is 11.4 Å². The number of sulfonamides is 1. The van der Waals surface area contributed by atoms with E-state index in [1.165, 1.54) is 18.4 Å². The summed E-state index contributed by atoms with van der Waals surface area (Å²) in [6.07, 6.45) is 7.83. The minimum atomic E-state index is -3.36. The van der Waals surface area contributed by atoms with Gasteiger partial charge in [-0.3, -0.25) is 0 Å². The molecule has 19 heavy (non-hydrogen) atoms. The zero-order chi connectivity index (χ0) is 13.7. The molecule has 0 unspecified atom stereocenters. The first kappa shape index (κ1) is 14.3. The average molecular weight is 279 g/mol. The number of benzene rings is 1. The second-order valence-corrected chi connectivity index (χ2v) is 6.84. The van der Waals surface area contributed by atoms with Crippen molar-refractivity contribution in [2.75, 3.05) is 6.54 Å². The van der Waals surface area contributed by atoms with Gasteiger partial charge in [0.25, 0.3) is 0 Å². The maximum Gasteiger partial charge on any atom is 0.240 e. The third-order valence-corrected chi connectivity index (χ3v) is 4.88. The Kier molecular flexibility index (Phi) is 4.77. The topological polar surface area (TPSA) is 46.2 Å². The highest BCUT2D eigenvalue weighted by Gasteiger charge is 2.13. The molecule has 3 nitrogen and oxygen atoms in total. The molecule has 0 radical (unpaired) electrons. The number of hydrogen-bond acceptors (Lipinski definition) is 2. The van der Waals surface area contributed by atoms with Crippen LogP contribution in [0, 0.1) is 6.92 Å². The van der Waals surface area contributed by atoms with Crippen molar-refractivity contribution in [1.82, 2.24) is 4.72 Å². The fourth-order valence-electron chi connectivity index (χ4n) is 2.34. The summed E-state index contributed by atoms with van der Waals surface area (Å²) in [6.45, 7) is 2.38. The summed E-state index contributed by atoms with van der Waals surface area (Å²) in [7, 11) is -3.36. The number of rotatable bonds is 5. The third-order valence-electron chi connectivity index (χ3n) is 3.42. The van der Waals surface area contributed by atoms with Gasteiger partial charge in [-0.25, -0.2) is 13.1 Å². The molecule has 0 aliphatic heterocycles. The highest BCUT2D eigenvalue weighted by Crippen LogP contribution is 2.19. The zero-order valence-corrected chi connectivity index (χ0v) is 12.2. The van der Waals surface area contributed by atoms with Crippen LogP contribution in [-0.4, -0.2) is 15.0 Å². The van der Waals surface area contributed by atoms with Crippen LogP contribution in [0.15, 0.2) is 40.8 Å². The number of allylic oxidation sites excluding steroid dienone is 1. The van der Waals surface area contributed by atoms with Crippen LogP contribution in [0.25, 0.3) is 0 Å². The summed E-state index contributed by atoms with van der Waals surface area (Å²) >= 11 is 0. The van der Waals surface area contributed by atoms with Crippen molar-refractivity contribution < 1.29 is 8.42 Å². The minimum absolute atomic E-state index is 0.352. The molecule has 0 atom stereocenters. The SMILES string of the molecule is Cc1cccc(S(=O)(=O)NCCC2=CCCCC2)c1. The van der Waals surface area contributed by atoms with Crippen LogP contribution >= 0.6 is 0 Å². The minimum Gasteiger partial charge on any atom is -0.211 e. The number of hydrogen-bond donors (Lipinski definition) is 1. The zero-order valence-electron chi connectivity index (χ0n) is 11.4. The van der Waals surface area contributed by atoms with Crippen molar-refractivity contribution in [3.8, 4) is 0 Å². The molecule has 1 aromatic carbocycles. The Morgan fingerprint density at radius 3 is 2.79 bits per heavy atom. The van der Waals surface area contributed by atoms with Gasteiger partial charge in [0.1, 0.15) is 0 Å². The molecule has 0 amide bonds. The predicted octanol–water partition coefficient (Wildman–Crippen LogP) is 3.16. The summed E-state index contributed by atoms with van der Waals surface area (Å²) < 4.78 is 26.9. The van der Waals surface area contributed by atoms with Crippen LogP contribution in [-0.2, 0) is 10.0 Å². The Morgan fingerprint density at radius 1 is 1.26 bits per heavy atom. The molecule has 1 aromatic rings. The fraction of sp³-hybridized carbons (Fsp3) is 0.467. The van der Waals surface area contributed by atoms with E-state index in [9.17, 15) is 8.42 Å². The fourth-order valence-corrected chi connectivity index (χ4v) is 3.48. The lowest BCUT2D eigenvalue weighted by atomic mass is 9.97. The summed E-state index contributed by atoms with van der Waals surface area (Å²) in [5.74, 6) is 0. The summed E-state index contributed by atoms with van der Waals surface area (Å²) in [5.41, 5.74) is 2.34. The normalized spacial score (nSPS) is 16.2. The molecule has 0 heterocycles. The van der Waals surface area contributed by atoms with Crippen molar-refractivity contribution in [3.05, 3.63) is 41.5 Å². The van der Waals surface area contributed by atoms with Crippen LogP contribution in [0.4, 0.5) is 0 Å². The number of aryl methyl sites for hydroxylation is 1. The molecule has 2 rings (SSSR count). The molecular weight excluding hydrogens is 258 g/mol. The molecule has 4 heteroatoms. The lowest BCUT2D eigenvalue weighted by Gasteiger charge is -2.13. The average Bonchev–Trinajstić information content (AvgIpc) is 2.40. The standard InChI is InChI=1S/C15H21NO2S/c1-13-6-5-9-15(12-13)19(17,18)16-11-10-14-7-3-2-4-8-14/h5-7,9,12,16H,2-4,8,10-11H2,1H3. The molecule has 104 valence electrons. The number of nitrogens with one attached hydrogen (secondary N) is 1. The monoisotopic (exact) mass is 279 g/mol. The van der Waals surface area contributed by atoms with E-state index in [4.69, 9.17) is 0 Å². The molecule has 0 spiro atoms. The second-order valence-electron chi connectivity index (χ2n) is 5.07. The van der Waals surface area contributed by atoms with Gasteiger partial charge < -0.3 is 0 Å². The van der Waals surface area contributed by atoms with Gasteiger partial charge in [0.2, 0.25) is 10.0 Å². The lowest BCUT2D eigenvalue weighted by Crippen LogP contribution is -2.25. The molecule has 0 bridgehead atoms. The van der Waals surface area contributed by atoms with Gasteiger partial charge in [-0.2, -0.15) is 0 Å². The lowest BCUT2D eigenvalue weighted by molar-refractivity contribution is 0.579. The highest BCUT2D eigenvalue weighted by atomic mass is 32.2. The maximum atomic E-state index is 12.1. The molecule has 1 aliphatic rings. The van der Waals surface area contributed by atoms with Gasteiger partial charge in [-0.1, -0.05) is 23.8 Å². The molecule has 0 saturated carbocycles. The van der Waals surface area contributed by atoms with E-state index in [0.717, 1.165) is 24.8 Å². The van der Waals surface area contributed by atoms with Gasteiger partial charge in [0.15, 0.2) is 0 Å². The van der Waals surface area contributed by atoms with E-state index in [-0.39, 0.29) is 0 Å². The van der Waals surface area contributed by atoms with Crippen molar-refractivity contribution in [2.24, 2.45) is 0 Å². The maximum absolute atomic E-state index is 12.1. The van der Waals surface area contributed by atoms with Crippen molar-refractivity contribution in [2.45, 2.75) is 43.9 Å². The Bertz CT molecular complexity index is 561. The first-order valence-electron chi connectivity index (χ1n) is 6.82. The van der Waals surface area contributed by atoms with Crippen LogP contribution in [0.1, 0.15) is 37.7 Å². The Labute approximate surface area is 115 Å². The Balaban J connectivity index is 1.92. The first-order chi connectivity index (χ1) is 9.08. The van der Waals surface area contributed by atoms with E-state index in [1.54, 1.807) is 18.2 Å². The van der Waals surface area contributed by atoms with Crippen molar-refractivity contribution in [1.29, 1.82) is 0 Å². The molecule has 0 fully saturated rings. The van der Waals surface area contributed by atoms with Gasteiger partial charge in [-0.05, 0) is 56.7 Å². The van der Waals surface area contributed by atoms with Crippen LogP contribution in [0.5, 0.6) is 0 Å². The van der Waals surface area contributed by atoms with Gasteiger partial charge >= 0.3 is 0 Å². The van der Waals surface area contributed by atoms with Crippen molar-refractivity contribution >= 4 is 10.0 Å². The first-order valence-corrected chi connectivity index (χ1v) is 8.30. The van der Waals surface area contributed by atoms with Crippen LogP contribution in [0.2, 0.25) is 0 Å². The van der Waals surface area contributed by atoms with Crippen LogP contribution < -0.4 is 4.72 Å². The van der Waals surface area contributed by atoms with Crippen molar-refractivity contribution in [3.63, 3.8) is 0 Å². The molecule has 1 N–H and O–H groups in total. The third kappa shape index (κ3) is 4.18. The highest BCUT2D eigenvalue weighted by molar-refractivity contribution is 7.89. The quantitative estimate of drug-likeness (QED) is 0.842. The Morgan fingerprint density at radius 2 is 2.11 bits per heavy atom. The van der Waals surface area contributed by atoms with E-state index in [1.807, 2.05) is 13.0 Å². The van der Waals surface area contributed by atoms with Gasteiger partial charge in [0.05, 0.1) is 4.90 Å². The Hall–Kier alpha value is -1.13. The van der Waals surface area contributed by atoms with Crippen LogP contribution in [0.3, 0.4) is 0 Å². The smallest absolute Gasteiger partial charge is 0.211 e. The van der Waals surface area contributed by atoms with Gasteiger partial charge in [0, 0.05) is 6.54 Å². The van der Waals surface area contributed by atoms with E-state index in [2.05, 4.69) is 10.8 Å². The molecular formula is C15H21NO2S. The molecule has 0 saturated heterocycles. The summed E-state index contributed by atoms with van der Waals surface area (Å²) in [6, 6.07) is 7.00. The summed E-state index contributed by atoms with van der Waals surface area (Å²) in [5, 5.41) is 0. The van der Waals surface area contributed by atoms with E-state index >= 15 is 0 Å². The van der Waals surface area contributed by atoms with Gasteiger partial charge in [-0.15, -0.1) is 0 Å². The second kappa shape index (κ2) is 6.35. The van der Waals surface area contributed by atoms with E-state index < -0.39 is 10.0 Å².